The number of rotatable bonds is 2. The van der Waals surface area contributed by atoms with E-state index in [2.05, 4.69) is 9.97 Å². The van der Waals surface area contributed by atoms with Gasteiger partial charge in [0.25, 0.3) is 0 Å². The van der Waals surface area contributed by atoms with Crippen LogP contribution in [-0.2, 0) is 0 Å². The molecule has 112 valence electrons. The minimum Gasteiger partial charge on any atom is -0.338 e. The van der Waals surface area contributed by atoms with Crippen LogP contribution in [-0.4, -0.2) is 9.97 Å². The van der Waals surface area contributed by atoms with Crippen molar-refractivity contribution in [2.45, 2.75) is 0 Å². The Morgan fingerprint density at radius 1 is 0.696 bits per heavy atom. The number of nitrogens with one attached hydrogen (secondary N) is 1. The summed E-state index contributed by atoms with van der Waals surface area (Å²) in [5.41, 5.74) is 4.84. The zero-order chi connectivity index (χ0) is 15.8. The molecule has 4 heteroatoms. The monoisotopic (exact) mass is 338 g/mol. The van der Waals surface area contributed by atoms with E-state index in [4.69, 9.17) is 23.2 Å². The number of hydrogen-bond donors (Lipinski definition) is 1. The molecular weight excluding hydrogens is 327 g/mol. The molecule has 23 heavy (non-hydrogen) atoms. The average Bonchev–Trinajstić information content (AvgIpc) is 3.01. The van der Waals surface area contributed by atoms with Gasteiger partial charge in [0.15, 0.2) is 0 Å². The average molecular weight is 339 g/mol. The molecule has 1 aromatic heterocycles. The summed E-state index contributed by atoms with van der Waals surface area (Å²) in [6.45, 7) is 0. The van der Waals surface area contributed by atoms with E-state index in [-0.39, 0.29) is 0 Å². The quantitative estimate of drug-likeness (QED) is 0.462. The largest absolute Gasteiger partial charge is 0.338 e. The first kappa shape index (κ1) is 14.3. The molecule has 4 aromatic rings. The summed E-state index contributed by atoms with van der Waals surface area (Å²) in [5, 5.41) is 1.10. The summed E-state index contributed by atoms with van der Waals surface area (Å²) in [7, 11) is 0. The summed E-state index contributed by atoms with van der Waals surface area (Å²) in [4.78, 5) is 8.06. The van der Waals surface area contributed by atoms with Gasteiger partial charge in [0, 0.05) is 11.1 Å². The fourth-order valence-electron chi connectivity index (χ4n) is 2.72. The number of para-hydroxylation sites is 2. The van der Waals surface area contributed by atoms with Crippen LogP contribution in [0, 0.1) is 0 Å². The molecule has 3 aromatic carbocycles. The van der Waals surface area contributed by atoms with Crippen molar-refractivity contribution in [2.75, 3.05) is 0 Å². The van der Waals surface area contributed by atoms with Gasteiger partial charge in [0.05, 0.1) is 21.1 Å². The van der Waals surface area contributed by atoms with Crippen LogP contribution in [0.25, 0.3) is 33.5 Å². The van der Waals surface area contributed by atoms with Crippen molar-refractivity contribution < 1.29 is 0 Å². The van der Waals surface area contributed by atoms with Crippen LogP contribution in [0.1, 0.15) is 0 Å². The smallest absolute Gasteiger partial charge is 0.139 e. The van der Waals surface area contributed by atoms with E-state index < -0.39 is 0 Å². The summed E-state index contributed by atoms with van der Waals surface area (Å²) >= 11 is 12.6. The van der Waals surface area contributed by atoms with Gasteiger partial charge in [-0.2, -0.15) is 0 Å². The van der Waals surface area contributed by atoms with Crippen molar-refractivity contribution in [1.29, 1.82) is 0 Å². The fourth-order valence-corrected chi connectivity index (χ4v) is 3.12. The molecule has 1 heterocycles. The second-order valence-corrected chi connectivity index (χ2v) is 6.03. The topological polar surface area (TPSA) is 28.7 Å². The Morgan fingerprint density at radius 3 is 2.22 bits per heavy atom. The van der Waals surface area contributed by atoms with E-state index in [1.807, 2.05) is 60.7 Å². The Morgan fingerprint density at radius 2 is 1.39 bits per heavy atom. The van der Waals surface area contributed by atoms with Crippen LogP contribution >= 0.6 is 23.2 Å². The third kappa shape index (κ3) is 2.50. The van der Waals surface area contributed by atoms with Crippen LogP contribution in [0.2, 0.25) is 10.0 Å². The number of nitrogens with zero attached hydrogens (tertiary/aromatic N) is 1. The molecular formula is C19H12Cl2N2. The minimum absolute atomic E-state index is 0.545. The number of aromatic nitrogens is 2. The third-order valence-corrected chi connectivity index (χ3v) is 4.63. The van der Waals surface area contributed by atoms with Gasteiger partial charge in [0.1, 0.15) is 5.82 Å². The van der Waals surface area contributed by atoms with E-state index >= 15 is 0 Å². The van der Waals surface area contributed by atoms with Crippen molar-refractivity contribution in [1.82, 2.24) is 9.97 Å². The highest BCUT2D eigenvalue weighted by Crippen LogP contribution is 2.38. The number of aromatic amines is 1. The van der Waals surface area contributed by atoms with Crippen molar-refractivity contribution in [3.63, 3.8) is 0 Å². The van der Waals surface area contributed by atoms with E-state index in [9.17, 15) is 0 Å². The first-order valence-corrected chi connectivity index (χ1v) is 7.98. The second kappa shape index (κ2) is 5.73. The molecule has 0 fully saturated rings. The second-order valence-electron chi connectivity index (χ2n) is 5.25. The van der Waals surface area contributed by atoms with Crippen molar-refractivity contribution >= 4 is 34.2 Å². The van der Waals surface area contributed by atoms with E-state index in [1.165, 1.54) is 0 Å². The van der Waals surface area contributed by atoms with E-state index in [0.717, 1.165) is 33.5 Å². The lowest BCUT2D eigenvalue weighted by Gasteiger charge is -2.10. The Hall–Kier alpha value is -2.29. The van der Waals surface area contributed by atoms with Crippen LogP contribution < -0.4 is 0 Å². The summed E-state index contributed by atoms with van der Waals surface area (Å²) < 4.78 is 0. The molecule has 0 unspecified atom stereocenters. The lowest BCUT2D eigenvalue weighted by molar-refractivity contribution is 1.34. The van der Waals surface area contributed by atoms with Crippen molar-refractivity contribution in [2.24, 2.45) is 0 Å². The normalized spacial score (nSPS) is 11.0. The van der Waals surface area contributed by atoms with E-state index in [1.54, 1.807) is 6.07 Å². The molecule has 0 saturated heterocycles. The molecule has 0 radical (unpaired) electrons. The van der Waals surface area contributed by atoms with Crippen LogP contribution in [0.3, 0.4) is 0 Å². The predicted octanol–water partition coefficient (Wildman–Crippen LogP) is 6.20. The Balaban J connectivity index is 1.95. The molecule has 1 N–H and O–H groups in total. The Labute approximate surface area is 143 Å². The summed E-state index contributed by atoms with van der Waals surface area (Å²) in [5.74, 6) is 0.817. The standard InChI is InChI=1S/C19H12Cl2N2/c20-15-9-5-8-13(18(15)21)12-6-1-2-7-14(12)19-22-16-10-3-4-11-17(16)23-19/h1-11H,(H,22,23). The molecule has 0 aliphatic heterocycles. The Kier molecular flexibility index (Phi) is 3.56. The first-order chi connectivity index (χ1) is 11.2. The highest BCUT2D eigenvalue weighted by atomic mass is 35.5. The molecule has 0 saturated carbocycles. The number of imidazole rings is 1. The maximum Gasteiger partial charge on any atom is 0.139 e. The zero-order valence-electron chi connectivity index (χ0n) is 12.1. The van der Waals surface area contributed by atoms with Gasteiger partial charge in [-0.1, -0.05) is 71.7 Å². The fraction of sp³-hybridized carbons (Fsp3) is 0. The number of hydrogen-bond acceptors (Lipinski definition) is 1. The van der Waals surface area contributed by atoms with Crippen LogP contribution in [0.15, 0.2) is 66.7 Å². The van der Waals surface area contributed by atoms with Gasteiger partial charge >= 0.3 is 0 Å². The van der Waals surface area contributed by atoms with Crippen molar-refractivity contribution in [3.05, 3.63) is 76.8 Å². The molecule has 2 nitrogen and oxygen atoms in total. The maximum absolute atomic E-state index is 6.40. The first-order valence-electron chi connectivity index (χ1n) is 7.22. The molecule has 0 atom stereocenters. The Bertz CT molecular complexity index is 972. The molecule has 0 amide bonds. The molecule has 4 rings (SSSR count). The van der Waals surface area contributed by atoms with Gasteiger partial charge in [-0.3, -0.25) is 0 Å². The number of H-pyrrole nitrogens is 1. The molecule has 0 aliphatic rings. The number of fused-ring (bicyclic) bond motifs is 1. The summed E-state index contributed by atoms with van der Waals surface area (Å²) in [6.07, 6.45) is 0. The number of halogens is 2. The minimum atomic E-state index is 0.545. The van der Waals surface area contributed by atoms with Gasteiger partial charge < -0.3 is 4.98 Å². The lowest BCUT2D eigenvalue weighted by atomic mass is 9.99. The van der Waals surface area contributed by atoms with Gasteiger partial charge in [-0.05, 0) is 23.8 Å². The van der Waals surface area contributed by atoms with Gasteiger partial charge in [-0.15, -0.1) is 0 Å². The van der Waals surface area contributed by atoms with E-state index in [0.29, 0.717) is 10.0 Å². The predicted molar refractivity (Wildman–Crippen MR) is 97.0 cm³/mol. The highest BCUT2D eigenvalue weighted by molar-refractivity contribution is 6.43. The number of benzene rings is 3. The van der Waals surface area contributed by atoms with Crippen LogP contribution in [0.5, 0.6) is 0 Å². The highest BCUT2D eigenvalue weighted by Gasteiger charge is 2.14. The summed E-state index contributed by atoms with van der Waals surface area (Å²) in [6, 6.07) is 21.7. The molecule has 0 aliphatic carbocycles. The third-order valence-electron chi connectivity index (χ3n) is 3.81. The van der Waals surface area contributed by atoms with Gasteiger partial charge in [-0.25, -0.2) is 4.98 Å². The van der Waals surface area contributed by atoms with Crippen LogP contribution in [0.4, 0.5) is 0 Å². The molecule has 0 bridgehead atoms. The maximum atomic E-state index is 6.40. The van der Waals surface area contributed by atoms with Gasteiger partial charge in [0.2, 0.25) is 0 Å². The SMILES string of the molecule is Clc1cccc(-c2ccccc2-c2nc3ccccc3[nH]2)c1Cl. The molecule has 0 spiro atoms. The van der Waals surface area contributed by atoms with Crippen molar-refractivity contribution in [3.8, 4) is 22.5 Å². The zero-order valence-corrected chi connectivity index (χ0v) is 13.6. The lowest BCUT2D eigenvalue weighted by Crippen LogP contribution is -1.88.